The maximum absolute atomic E-state index is 5.75. The summed E-state index contributed by atoms with van der Waals surface area (Å²) in [7, 11) is 3.32. The van der Waals surface area contributed by atoms with E-state index in [2.05, 4.69) is 17.1 Å². The van der Waals surface area contributed by atoms with E-state index in [-0.39, 0.29) is 6.04 Å². The van der Waals surface area contributed by atoms with Crippen molar-refractivity contribution < 1.29 is 9.57 Å². The van der Waals surface area contributed by atoms with E-state index in [1.165, 1.54) is 0 Å². The van der Waals surface area contributed by atoms with Gasteiger partial charge < -0.3 is 4.74 Å². The number of benzene rings is 2. The second-order valence-electron chi connectivity index (χ2n) is 5.89. The largest absolute Gasteiger partial charge is 0.497 e. The lowest BCUT2D eigenvalue weighted by atomic mass is 9.94. The van der Waals surface area contributed by atoms with E-state index < -0.39 is 0 Å². The number of nitrogens with zero attached hydrogens (tertiary/aromatic N) is 3. The molecule has 0 spiro atoms. The Hall–Kier alpha value is -3.18. The predicted molar refractivity (Wildman–Crippen MR) is 102 cm³/mol. The molecule has 1 atom stereocenters. The lowest BCUT2D eigenvalue weighted by molar-refractivity contribution is 0.152. The highest BCUT2D eigenvalue weighted by Crippen LogP contribution is 2.40. The van der Waals surface area contributed by atoms with Crippen LogP contribution in [-0.4, -0.2) is 24.9 Å². The summed E-state index contributed by atoms with van der Waals surface area (Å²) in [5.41, 5.74) is 3.78. The van der Waals surface area contributed by atoms with E-state index in [9.17, 15) is 0 Å². The first kappa shape index (κ1) is 16.3. The van der Waals surface area contributed by atoms with Crippen molar-refractivity contribution in [1.29, 1.82) is 0 Å². The third kappa shape index (κ3) is 2.82. The zero-order valence-electron chi connectivity index (χ0n) is 14.7. The molecule has 0 bridgehead atoms. The van der Waals surface area contributed by atoms with Crippen molar-refractivity contribution >= 4 is 17.2 Å². The van der Waals surface area contributed by atoms with Crippen molar-refractivity contribution in [2.75, 3.05) is 19.3 Å². The summed E-state index contributed by atoms with van der Waals surface area (Å²) >= 11 is 0. The van der Waals surface area contributed by atoms with Crippen LogP contribution in [0.5, 0.6) is 5.75 Å². The van der Waals surface area contributed by atoms with Crippen LogP contribution in [0.4, 0.5) is 11.5 Å². The number of hydroxylamine groups is 1. The normalized spacial score (nSPS) is 16.0. The number of pyridine rings is 1. The van der Waals surface area contributed by atoms with E-state index >= 15 is 0 Å². The van der Waals surface area contributed by atoms with E-state index in [1.807, 2.05) is 59.7 Å². The third-order valence-electron chi connectivity index (χ3n) is 4.41. The van der Waals surface area contributed by atoms with Crippen molar-refractivity contribution in [1.82, 2.24) is 4.98 Å². The number of methoxy groups -OCH3 is 1. The fourth-order valence-corrected chi connectivity index (χ4v) is 3.17. The summed E-state index contributed by atoms with van der Waals surface area (Å²) < 4.78 is 5.28. The number of anilines is 1. The summed E-state index contributed by atoms with van der Waals surface area (Å²) in [5, 5.41) is 1.82. The predicted octanol–water partition coefficient (Wildman–Crippen LogP) is 4.33. The number of hydrogen-bond donors (Lipinski definition) is 0. The van der Waals surface area contributed by atoms with E-state index in [1.54, 1.807) is 20.4 Å². The SMILES string of the molecule is COc1ccc(C2=Nc3cccnc3N(OC)C2c2ccccc2)cc1. The molecule has 4 rings (SSSR count). The number of rotatable bonds is 4. The number of aromatic nitrogens is 1. The summed E-state index contributed by atoms with van der Waals surface area (Å²) in [5.74, 6) is 1.52. The second-order valence-corrected chi connectivity index (χ2v) is 5.89. The fourth-order valence-electron chi connectivity index (χ4n) is 3.17. The highest BCUT2D eigenvalue weighted by atomic mass is 16.7. The molecule has 0 amide bonds. The molecule has 1 aliphatic rings. The Balaban J connectivity index is 1.90. The number of hydrogen-bond acceptors (Lipinski definition) is 5. The highest BCUT2D eigenvalue weighted by Gasteiger charge is 2.33. The number of aliphatic imine (C=N–C) groups is 1. The van der Waals surface area contributed by atoms with Gasteiger partial charge in [-0.25, -0.2) is 15.0 Å². The molecule has 1 aliphatic heterocycles. The van der Waals surface area contributed by atoms with Gasteiger partial charge in [0.05, 0.1) is 19.9 Å². The Morgan fingerprint density at radius 1 is 0.885 bits per heavy atom. The first-order valence-electron chi connectivity index (χ1n) is 8.38. The van der Waals surface area contributed by atoms with Crippen LogP contribution in [0.2, 0.25) is 0 Å². The van der Waals surface area contributed by atoms with Crippen LogP contribution in [0.15, 0.2) is 77.9 Å². The molecule has 130 valence electrons. The molecule has 0 radical (unpaired) electrons. The van der Waals surface area contributed by atoms with Gasteiger partial charge in [-0.15, -0.1) is 0 Å². The zero-order chi connectivity index (χ0) is 17.9. The lowest BCUT2D eigenvalue weighted by Crippen LogP contribution is -2.36. The highest BCUT2D eigenvalue weighted by molar-refractivity contribution is 6.09. The summed E-state index contributed by atoms with van der Waals surface area (Å²) in [4.78, 5) is 15.1. The van der Waals surface area contributed by atoms with E-state index in [0.29, 0.717) is 5.82 Å². The molecule has 0 saturated heterocycles. The zero-order valence-corrected chi connectivity index (χ0v) is 14.7. The third-order valence-corrected chi connectivity index (χ3v) is 4.41. The average Bonchev–Trinajstić information content (AvgIpc) is 2.73. The molecule has 2 aromatic carbocycles. The van der Waals surface area contributed by atoms with Crippen molar-refractivity contribution in [3.63, 3.8) is 0 Å². The summed E-state index contributed by atoms with van der Waals surface area (Å²) in [6, 6.07) is 21.7. The molecule has 5 nitrogen and oxygen atoms in total. The van der Waals surface area contributed by atoms with Crippen molar-refractivity contribution in [3.05, 3.63) is 84.1 Å². The first-order chi connectivity index (χ1) is 12.8. The summed E-state index contributed by atoms with van der Waals surface area (Å²) in [6.07, 6.45) is 1.75. The maximum atomic E-state index is 5.75. The van der Waals surface area contributed by atoms with Crippen LogP contribution in [0.1, 0.15) is 17.2 Å². The van der Waals surface area contributed by atoms with Crippen LogP contribution in [0.3, 0.4) is 0 Å². The van der Waals surface area contributed by atoms with Gasteiger partial charge in [0, 0.05) is 6.20 Å². The quantitative estimate of drug-likeness (QED) is 0.706. The molecule has 0 N–H and O–H groups in total. The topological polar surface area (TPSA) is 47.0 Å². The van der Waals surface area contributed by atoms with Crippen molar-refractivity contribution in [2.45, 2.75) is 6.04 Å². The average molecular weight is 345 g/mol. The van der Waals surface area contributed by atoms with Gasteiger partial charge in [-0.2, -0.15) is 0 Å². The Labute approximate surface area is 152 Å². The second kappa shape index (κ2) is 6.98. The van der Waals surface area contributed by atoms with Crippen LogP contribution < -0.4 is 9.80 Å². The van der Waals surface area contributed by atoms with Crippen molar-refractivity contribution in [2.24, 2.45) is 4.99 Å². The number of ether oxygens (including phenoxy) is 1. The first-order valence-corrected chi connectivity index (χ1v) is 8.38. The van der Waals surface area contributed by atoms with Gasteiger partial charge in [-0.1, -0.05) is 30.3 Å². The van der Waals surface area contributed by atoms with Gasteiger partial charge in [0.2, 0.25) is 0 Å². The molecule has 0 saturated carbocycles. The van der Waals surface area contributed by atoms with Gasteiger partial charge in [-0.3, -0.25) is 4.84 Å². The Bertz CT molecular complexity index is 924. The van der Waals surface area contributed by atoms with Gasteiger partial charge in [-0.05, 0) is 47.5 Å². The minimum Gasteiger partial charge on any atom is -0.497 e. The van der Waals surface area contributed by atoms with Crippen LogP contribution in [-0.2, 0) is 4.84 Å². The smallest absolute Gasteiger partial charge is 0.179 e. The molecule has 2 heterocycles. The van der Waals surface area contributed by atoms with Gasteiger partial charge in [0.15, 0.2) is 5.82 Å². The maximum Gasteiger partial charge on any atom is 0.179 e. The van der Waals surface area contributed by atoms with Crippen LogP contribution in [0.25, 0.3) is 0 Å². The van der Waals surface area contributed by atoms with Gasteiger partial charge in [0.1, 0.15) is 17.5 Å². The molecule has 0 aliphatic carbocycles. The molecule has 0 fully saturated rings. The van der Waals surface area contributed by atoms with E-state index in [0.717, 1.165) is 28.3 Å². The molecular formula is C21H19N3O2. The minimum atomic E-state index is -0.197. The summed E-state index contributed by atoms with van der Waals surface area (Å²) in [6.45, 7) is 0. The molecule has 1 aromatic heterocycles. The number of fused-ring (bicyclic) bond motifs is 1. The molecule has 26 heavy (non-hydrogen) atoms. The van der Waals surface area contributed by atoms with Crippen LogP contribution in [0, 0.1) is 0 Å². The Morgan fingerprint density at radius 3 is 2.35 bits per heavy atom. The van der Waals surface area contributed by atoms with Crippen LogP contribution >= 0.6 is 0 Å². The van der Waals surface area contributed by atoms with Gasteiger partial charge in [0.25, 0.3) is 0 Å². The standard InChI is InChI=1S/C21H19N3O2/c1-25-17-12-10-15(11-13-17)19-20(16-7-4-3-5-8-16)24(26-2)21-18(23-19)9-6-14-22-21/h3-14,20H,1-2H3. The fraction of sp³-hybridized carbons (Fsp3) is 0.143. The molecule has 5 heteroatoms. The van der Waals surface area contributed by atoms with E-state index in [4.69, 9.17) is 14.6 Å². The molecule has 3 aromatic rings. The monoisotopic (exact) mass is 345 g/mol. The minimum absolute atomic E-state index is 0.197. The molecule has 1 unspecified atom stereocenters. The molecular weight excluding hydrogens is 326 g/mol. The Kier molecular flexibility index (Phi) is 4.37. The van der Waals surface area contributed by atoms with Crippen molar-refractivity contribution in [3.8, 4) is 5.75 Å². The Morgan fingerprint density at radius 2 is 1.65 bits per heavy atom. The lowest BCUT2D eigenvalue weighted by Gasteiger charge is -2.35. The van der Waals surface area contributed by atoms with Gasteiger partial charge >= 0.3 is 0 Å².